The third kappa shape index (κ3) is 2.80. The van der Waals surface area contributed by atoms with Crippen LogP contribution in [0.2, 0.25) is 0 Å². The van der Waals surface area contributed by atoms with Crippen molar-refractivity contribution in [2.75, 3.05) is 11.5 Å². The number of carbonyl (C=O) groups is 1. The molecule has 0 aromatic heterocycles. The summed E-state index contributed by atoms with van der Waals surface area (Å²) in [6.07, 6.45) is -4.82. The summed E-state index contributed by atoms with van der Waals surface area (Å²) in [4.78, 5) is 11.2. The number of sulfone groups is 1. The van der Waals surface area contributed by atoms with Gasteiger partial charge < -0.3 is 0 Å². The first-order valence-corrected chi connectivity index (χ1v) is 5.96. The van der Waals surface area contributed by atoms with Gasteiger partial charge in [0, 0.05) is 5.92 Å². The Hall–Kier alpha value is -0.850. The van der Waals surface area contributed by atoms with Crippen LogP contribution < -0.4 is 0 Å². The molecule has 0 aromatic carbocycles. The summed E-state index contributed by atoms with van der Waals surface area (Å²) in [5.74, 6) is -3.01. The molecule has 1 heterocycles. The van der Waals surface area contributed by atoms with Gasteiger partial charge >= 0.3 is 6.18 Å². The zero-order chi connectivity index (χ0) is 11.9. The molecule has 1 aliphatic rings. The second-order valence-electron chi connectivity index (χ2n) is 3.44. The van der Waals surface area contributed by atoms with Crippen LogP contribution >= 0.6 is 0 Å². The second-order valence-corrected chi connectivity index (χ2v) is 5.67. The first-order chi connectivity index (χ1) is 6.63. The van der Waals surface area contributed by atoms with Gasteiger partial charge in [-0.3, -0.25) is 4.79 Å². The van der Waals surface area contributed by atoms with Gasteiger partial charge in [-0.15, -0.1) is 0 Å². The lowest BCUT2D eigenvalue weighted by atomic mass is 9.98. The summed E-state index contributed by atoms with van der Waals surface area (Å²) in [5.41, 5.74) is -1.47. The molecule has 0 N–H and O–H groups in total. The van der Waals surface area contributed by atoms with Gasteiger partial charge in [-0.2, -0.15) is 13.2 Å². The minimum atomic E-state index is -4.77. The van der Waals surface area contributed by atoms with Crippen molar-refractivity contribution in [2.24, 2.45) is 5.92 Å². The fourth-order valence-corrected chi connectivity index (χ4v) is 3.13. The number of carbonyl (C=O) groups excluding carboxylic acids is 1. The van der Waals surface area contributed by atoms with Gasteiger partial charge in [0.05, 0.1) is 17.1 Å². The van der Waals surface area contributed by atoms with Crippen molar-refractivity contribution in [3.63, 3.8) is 0 Å². The molecule has 0 spiro atoms. The van der Waals surface area contributed by atoms with E-state index in [4.69, 9.17) is 0 Å². The average molecular weight is 242 g/mol. The van der Waals surface area contributed by atoms with Crippen molar-refractivity contribution in [1.82, 2.24) is 0 Å². The maximum absolute atomic E-state index is 12.1. The summed E-state index contributed by atoms with van der Waals surface area (Å²) < 4.78 is 58.1. The summed E-state index contributed by atoms with van der Waals surface area (Å²) in [6.45, 7) is 2.65. The molecule has 15 heavy (non-hydrogen) atoms. The third-order valence-corrected chi connectivity index (χ3v) is 4.01. The maximum atomic E-state index is 12.1. The maximum Gasteiger partial charge on any atom is 0.419 e. The molecule has 0 aliphatic carbocycles. The molecule has 0 bridgehead atoms. The molecule has 1 unspecified atom stereocenters. The molecular weight excluding hydrogens is 233 g/mol. The van der Waals surface area contributed by atoms with Gasteiger partial charge in [-0.05, 0) is 6.42 Å². The van der Waals surface area contributed by atoms with Crippen LogP contribution in [0.3, 0.4) is 0 Å². The number of hydrogen-bond acceptors (Lipinski definition) is 3. The lowest BCUT2D eigenvalue weighted by molar-refractivity contribution is -0.131. The highest BCUT2D eigenvalue weighted by Gasteiger charge is 2.42. The van der Waals surface area contributed by atoms with Gasteiger partial charge in [0.15, 0.2) is 15.6 Å². The number of ketones is 1. The van der Waals surface area contributed by atoms with Crippen LogP contribution in [0.4, 0.5) is 13.2 Å². The first-order valence-electron chi connectivity index (χ1n) is 4.14. The normalized spacial score (nSPS) is 25.1. The van der Waals surface area contributed by atoms with Crippen molar-refractivity contribution in [3.8, 4) is 0 Å². The summed E-state index contributed by atoms with van der Waals surface area (Å²) in [6, 6.07) is 0. The highest BCUT2D eigenvalue weighted by molar-refractivity contribution is 7.91. The fraction of sp³-hybridized carbons (Fsp3) is 0.625. The molecule has 1 atom stereocenters. The van der Waals surface area contributed by atoms with E-state index in [9.17, 15) is 26.4 Å². The SMILES string of the molecule is C=C(C(=O)C1CCS(=O)(=O)C1)C(F)(F)F. The zero-order valence-electron chi connectivity index (χ0n) is 7.67. The average Bonchev–Trinajstić information content (AvgIpc) is 2.42. The molecule has 1 rings (SSSR count). The Balaban J connectivity index is 2.77. The van der Waals surface area contributed by atoms with E-state index in [0.29, 0.717) is 0 Å². The van der Waals surface area contributed by atoms with Crippen LogP contribution in [0.25, 0.3) is 0 Å². The zero-order valence-corrected chi connectivity index (χ0v) is 8.49. The molecular formula is C8H9F3O3S. The summed E-state index contributed by atoms with van der Waals surface area (Å²) >= 11 is 0. The monoisotopic (exact) mass is 242 g/mol. The Kier molecular flexibility index (Phi) is 2.95. The van der Waals surface area contributed by atoms with E-state index in [1.54, 1.807) is 0 Å². The van der Waals surface area contributed by atoms with E-state index in [0.717, 1.165) is 0 Å². The Bertz CT molecular complexity index is 394. The number of allylic oxidation sites excluding steroid dienone is 1. The number of rotatable bonds is 2. The van der Waals surface area contributed by atoms with Crippen molar-refractivity contribution < 1.29 is 26.4 Å². The molecule has 0 radical (unpaired) electrons. The molecule has 1 saturated heterocycles. The van der Waals surface area contributed by atoms with Crippen LogP contribution in [-0.4, -0.2) is 31.9 Å². The van der Waals surface area contributed by atoms with E-state index >= 15 is 0 Å². The Morgan fingerprint density at radius 2 is 1.87 bits per heavy atom. The Morgan fingerprint density at radius 1 is 1.33 bits per heavy atom. The van der Waals surface area contributed by atoms with Crippen molar-refractivity contribution in [1.29, 1.82) is 0 Å². The molecule has 7 heteroatoms. The van der Waals surface area contributed by atoms with E-state index in [1.807, 2.05) is 0 Å². The minimum absolute atomic E-state index is 0.0454. The van der Waals surface area contributed by atoms with Crippen molar-refractivity contribution in [3.05, 3.63) is 12.2 Å². The summed E-state index contributed by atoms with van der Waals surface area (Å²) in [5, 5.41) is 0. The summed E-state index contributed by atoms with van der Waals surface area (Å²) in [7, 11) is -3.35. The molecule has 1 aliphatic heterocycles. The Morgan fingerprint density at radius 3 is 2.20 bits per heavy atom. The van der Waals surface area contributed by atoms with Gasteiger partial charge in [-0.1, -0.05) is 6.58 Å². The van der Waals surface area contributed by atoms with Gasteiger partial charge in [0.1, 0.15) is 0 Å². The fourth-order valence-electron chi connectivity index (χ4n) is 1.39. The van der Waals surface area contributed by atoms with E-state index in [1.165, 1.54) is 0 Å². The quantitative estimate of drug-likeness (QED) is 0.681. The third-order valence-electron chi connectivity index (χ3n) is 2.24. The van der Waals surface area contributed by atoms with Gasteiger partial charge in [0.25, 0.3) is 0 Å². The Labute approximate surface area is 84.9 Å². The highest BCUT2D eigenvalue weighted by Crippen LogP contribution is 2.30. The molecule has 3 nitrogen and oxygen atoms in total. The molecule has 0 amide bonds. The lowest BCUT2D eigenvalue weighted by Crippen LogP contribution is -2.26. The van der Waals surface area contributed by atoms with Crippen LogP contribution in [0.1, 0.15) is 6.42 Å². The van der Waals surface area contributed by atoms with Crippen LogP contribution in [0.15, 0.2) is 12.2 Å². The second kappa shape index (κ2) is 3.62. The van der Waals surface area contributed by atoms with E-state index < -0.39 is 39.0 Å². The number of alkyl halides is 3. The van der Waals surface area contributed by atoms with E-state index in [2.05, 4.69) is 6.58 Å². The van der Waals surface area contributed by atoms with Crippen molar-refractivity contribution in [2.45, 2.75) is 12.6 Å². The van der Waals surface area contributed by atoms with Crippen molar-refractivity contribution >= 4 is 15.6 Å². The number of halogens is 3. The predicted molar refractivity (Wildman–Crippen MR) is 47.0 cm³/mol. The molecule has 86 valence electrons. The van der Waals surface area contributed by atoms with Crippen LogP contribution in [-0.2, 0) is 14.6 Å². The largest absolute Gasteiger partial charge is 0.419 e. The highest BCUT2D eigenvalue weighted by atomic mass is 32.2. The smallest absolute Gasteiger partial charge is 0.294 e. The van der Waals surface area contributed by atoms with Gasteiger partial charge in [0.2, 0.25) is 0 Å². The van der Waals surface area contributed by atoms with Gasteiger partial charge in [-0.25, -0.2) is 8.42 Å². The van der Waals surface area contributed by atoms with Crippen LogP contribution in [0, 0.1) is 5.92 Å². The standard InChI is InChI=1S/C8H9F3O3S/c1-5(8(9,10)11)7(12)6-2-3-15(13,14)4-6/h6H,1-4H2. The molecule has 0 aromatic rings. The number of Topliss-reactive ketones (excluding diaryl/α,β-unsaturated/α-hetero) is 1. The topological polar surface area (TPSA) is 51.2 Å². The minimum Gasteiger partial charge on any atom is -0.294 e. The first kappa shape index (κ1) is 12.2. The lowest BCUT2D eigenvalue weighted by Gasteiger charge is -2.11. The molecule has 0 saturated carbocycles. The van der Waals surface area contributed by atoms with Crippen LogP contribution in [0.5, 0.6) is 0 Å². The molecule has 1 fully saturated rings. The predicted octanol–water partition coefficient (Wildman–Crippen LogP) is 1.11. The number of hydrogen-bond donors (Lipinski definition) is 0. The van der Waals surface area contributed by atoms with E-state index in [-0.39, 0.29) is 12.2 Å².